The number of hydrogen-bond acceptors (Lipinski definition) is 2. The molecule has 0 aliphatic carbocycles. The molecule has 0 unspecified atom stereocenters. The second-order valence-corrected chi connectivity index (χ2v) is 4.94. The van der Waals surface area contributed by atoms with Crippen LogP contribution in [0.15, 0.2) is 42.5 Å². The molecule has 1 aliphatic rings. The van der Waals surface area contributed by atoms with Gasteiger partial charge < -0.3 is 10.1 Å². The molecule has 0 fully saturated rings. The van der Waals surface area contributed by atoms with Crippen LogP contribution in [0.5, 0.6) is 5.75 Å². The summed E-state index contributed by atoms with van der Waals surface area (Å²) in [5, 5.41) is 3.41. The molecule has 0 aromatic heterocycles. The third-order valence-electron chi connectivity index (χ3n) is 3.53. The topological polar surface area (TPSA) is 21.3 Å². The lowest BCUT2D eigenvalue weighted by molar-refractivity contribution is 0.357. The number of benzene rings is 2. The van der Waals surface area contributed by atoms with E-state index in [-0.39, 0.29) is 0 Å². The van der Waals surface area contributed by atoms with E-state index >= 15 is 0 Å². The molecule has 0 bridgehead atoms. The van der Waals surface area contributed by atoms with Gasteiger partial charge in [-0.15, -0.1) is 6.42 Å². The van der Waals surface area contributed by atoms with Crippen LogP contribution in [0.3, 0.4) is 0 Å². The number of fused-ring (bicyclic) bond motifs is 1. The molecule has 2 nitrogen and oxygen atoms in total. The molecule has 1 aliphatic heterocycles. The van der Waals surface area contributed by atoms with Crippen molar-refractivity contribution in [3.63, 3.8) is 0 Å². The number of rotatable bonds is 4. The molecule has 1 heterocycles. The standard InChI is InChI=1S/C18H17NO/c1-2-14-4-3-5-17(13-14)19-10-8-15-6-7-18-16(12-15)9-11-20-18/h1,3-7,12-13,19H,8-11H2. The predicted octanol–water partition coefficient (Wildman–Crippen LogP) is 3.26. The Labute approximate surface area is 119 Å². The summed E-state index contributed by atoms with van der Waals surface area (Å²) >= 11 is 0. The quantitative estimate of drug-likeness (QED) is 0.855. The maximum Gasteiger partial charge on any atom is 0.122 e. The number of hydrogen-bond donors (Lipinski definition) is 1. The first-order valence-electron chi connectivity index (χ1n) is 6.90. The number of ether oxygens (including phenoxy) is 1. The van der Waals surface area contributed by atoms with Gasteiger partial charge in [0.1, 0.15) is 5.75 Å². The largest absolute Gasteiger partial charge is 0.493 e. The van der Waals surface area contributed by atoms with Crippen LogP contribution in [0.2, 0.25) is 0 Å². The van der Waals surface area contributed by atoms with Gasteiger partial charge in [-0.05, 0) is 41.8 Å². The van der Waals surface area contributed by atoms with Crippen molar-refractivity contribution in [3.05, 3.63) is 59.2 Å². The zero-order chi connectivity index (χ0) is 13.8. The molecule has 0 spiro atoms. The van der Waals surface area contributed by atoms with Crippen LogP contribution >= 0.6 is 0 Å². The average molecular weight is 263 g/mol. The Morgan fingerprint density at radius 2 is 2.15 bits per heavy atom. The summed E-state index contributed by atoms with van der Waals surface area (Å²) in [7, 11) is 0. The van der Waals surface area contributed by atoms with Gasteiger partial charge in [0.05, 0.1) is 6.61 Å². The maximum absolute atomic E-state index is 5.52. The van der Waals surface area contributed by atoms with E-state index in [2.05, 4.69) is 29.4 Å². The van der Waals surface area contributed by atoms with Crippen LogP contribution in [-0.2, 0) is 12.8 Å². The molecule has 100 valence electrons. The van der Waals surface area contributed by atoms with Crippen molar-refractivity contribution in [2.24, 2.45) is 0 Å². The van der Waals surface area contributed by atoms with E-state index < -0.39 is 0 Å². The van der Waals surface area contributed by atoms with E-state index in [4.69, 9.17) is 11.2 Å². The van der Waals surface area contributed by atoms with Crippen molar-refractivity contribution in [1.82, 2.24) is 0 Å². The molecule has 0 atom stereocenters. The van der Waals surface area contributed by atoms with Gasteiger partial charge in [0.15, 0.2) is 0 Å². The second kappa shape index (κ2) is 5.71. The van der Waals surface area contributed by atoms with Gasteiger partial charge >= 0.3 is 0 Å². The SMILES string of the molecule is C#Cc1cccc(NCCc2ccc3c(c2)CCO3)c1. The Balaban J connectivity index is 1.58. The first kappa shape index (κ1) is 12.6. The molecule has 0 saturated heterocycles. The van der Waals surface area contributed by atoms with Gasteiger partial charge in [0.25, 0.3) is 0 Å². The maximum atomic E-state index is 5.52. The Bertz CT molecular complexity index is 655. The van der Waals surface area contributed by atoms with Gasteiger partial charge in [-0.1, -0.05) is 24.1 Å². The van der Waals surface area contributed by atoms with E-state index in [0.29, 0.717) is 0 Å². The summed E-state index contributed by atoms with van der Waals surface area (Å²) in [6, 6.07) is 14.4. The van der Waals surface area contributed by atoms with Crippen molar-refractivity contribution in [2.45, 2.75) is 12.8 Å². The van der Waals surface area contributed by atoms with E-state index in [9.17, 15) is 0 Å². The fraction of sp³-hybridized carbons (Fsp3) is 0.222. The van der Waals surface area contributed by atoms with Crippen LogP contribution in [0.4, 0.5) is 5.69 Å². The Kier molecular flexibility index (Phi) is 3.60. The summed E-state index contributed by atoms with van der Waals surface area (Å²) in [5.74, 6) is 3.69. The Hall–Kier alpha value is -2.40. The van der Waals surface area contributed by atoms with Gasteiger partial charge in [-0.3, -0.25) is 0 Å². The van der Waals surface area contributed by atoms with E-state index in [1.807, 2.05) is 24.3 Å². The number of terminal acetylenes is 1. The van der Waals surface area contributed by atoms with Crippen molar-refractivity contribution in [1.29, 1.82) is 0 Å². The molecule has 2 aromatic carbocycles. The monoisotopic (exact) mass is 263 g/mol. The number of anilines is 1. The minimum atomic E-state index is 0.815. The summed E-state index contributed by atoms with van der Waals surface area (Å²) in [4.78, 5) is 0. The summed E-state index contributed by atoms with van der Waals surface area (Å²) in [6.45, 7) is 1.71. The Morgan fingerprint density at radius 3 is 3.05 bits per heavy atom. The third-order valence-corrected chi connectivity index (χ3v) is 3.53. The van der Waals surface area contributed by atoms with Crippen molar-refractivity contribution < 1.29 is 4.74 Å². The van der Waals surface area contributed by atoms with Gasteiger partial charge in [-0.2, -0.15) is 0 Å². The fourth-order valence-electron chi connectivity index (χ4n) is 2.47. The van der Waals surface area contributed by atoms with E-state index in [1.54, 1.807) is 0 Å². The molecule has 3 rings (SSSR count). The first-order valence-corrected chi connectivity index (χ1v) is 6.90. The molecule has 2 heteroatoms. The highest BCUT2D eigenvalue weighted by atomic mass is 16.5. The van der Waals surface area contributed by atoms with E-state index in [0.717, 1.165) is 43.0 Å². The predicted molar refractivity (Wildman–Crippen MR) is 82.2 cm³/mol. The molecule has 1 N–H and O–H groups in total. The van der Waals surface area contributed by atoms with Gasteiger partial charge in [0, 0.05) is 24.2 Å². The Morgan fingerprint density at radius 1 is 1.20 bits per heavy atom. The lowest BCUT2D eigenvalue weighted by Crippen LogP contribution is -2.05. The zero-order valence-electron chi connectivity index (χ0n) is 11.4. The van der Waals surface area contributed by atoms with Crippen molar-refractivity contribution >= 4 is 5.69 Å². The first-order chi connectivity index (χ1) is 9.85. The minimum absolute atomic E-state index is 0.815. The lowest BCUT2D eigenvalue weighted by atomic mass is 10.1. The highest BCUT2D eigenvalue weighted by Gasteiger charge is 2.11. The number of nitrogens with one attached hydrogen (secondary N) is 1. The van der Waals surface area contributed by atoms with Gasteiger partial charge in [0.2, 0.25) is 0 Å². The van der Waals surface area contributed by atoms with Crippen LogP contribution < -0.4 is 10.1 Å². The summed E-state index contributed by atoms with van der Waals surface area (Å²) in [6.07, 6.45) is 7.42. The molecular weight excluding hydrogens is 246 g/mol. The highest BCUT2D eigenvalue weighted by molar-refractivity contribution is 5.50. The fourth-order valence-corrected chi connectivity index (χ4v) is 2.47. The molecule has 0 amide bonds. The summed E-state index contributed by atoms with van der Waals surface area (Å²) < 4.78 is 5.52. The lowest BCUT2D eigenvalue weighted by Gasteiger charge is -2.08. The summed E-state index contributed by atoms with van der Waals surface area (Å²) in [5.41, 5.74) is 4.65. The smallest absolute Gasteiger partial charge is 0.122 e. The van der Waals surface area contributed by atoms with Crippen LogP contribution in [0.25, 0.3) is 0 Å². The van der Waals surface area contributed by atoms with Gasteiger partial charge in [-0.25, -0.2) is 0 Å². The molecule has 0 saturated carbocycles. The highest BCUT2D eigenvalue weighted by Crippen LogP contribution is 2.26. The van der Waals surface area contributed by atoms with Crippen LogP contribution in [0.1, 0.15) is 16.7 Å². The second-order valence-electron chi connectivity index (χ2n) is 4.94. The molecule has 20 heavy (non-hydrogen) atoms. The van der Waals surface area contributed by atoms with Crippen LogP contribution in [-0.4, -0.2) is 13.2 Å². The average Bonchev–Trinajstić information content (AvgIpc) is 2.95. The molecule has 2 aromatic rings. The molecular formula is C18H17NO. The molecule has 0 radical (unpaired) electrons. The third kappa shape index (κ3) is 2.78. The normalized spacial score (nSPS) is 12.3. The van der Waals surface area contributed by atoms with Crippen molar-refractivity contribution in [2.75, 3.05) is 18.5 Å². The van der Waals surface area contributed by atoms with E-state index in [1.165, 1.54) is 11.1 Å². The zero-order valence-corrected chi connectivity index (χ0v) is 11.4. The van der Waals surface area contributed by atoms with Crippen LogP contribution in [0, 0.1) is 12.3 Å². The minimum Gasteiger partial charge on any atom is -0.493 e. The van der Waals surface area contributed by atoms with Crippen molar-refractivity contribution in [3.8, 4) is 18.1 Å².